The highest BCUT2D eigenvalue weighted by Gasteiger charge is 2.07. The van der Waals surface area contributed by atoms with Crippen LogP contribution in [0.2, 0.25) is 0 Å². The molecule has 0 aromatic carbocycles. The molecule has 0 spiro atoms. The Kier molecular flexibility index (Phi) is 6.41. The van der Waals surface area contributed by atoms with E-state index < -0.39 is 5.91 Å². The Morgan fingerprint density at radius 2 is 2.37 bits per heavy atom. The van der Waals surface area contributed by atoms with Crippen LogP contribution in [0.3, 0.4) is 0 Å². The van der Waals surface area contributed by atoms with Gasteiger partial charge < -0.3 is 10.6 Å². The Hall–Kier alpha value is -2.06. The van der Waals surface area contributed by atoms with Crippen LogP contribution >= 0.6 is 11.6 Å². The molecule has 1 aromatic heterocycles. The molecule has 0 saturated heterocycles. The van der Waals surface area contributed by atoms with Crippen molar-refractivity contribution in [1.29, 1.82) is 5.26 Å². The summed E-state index contributed by atoms with van der Waals surface area (Å²) in [6, 6.07) is 5.50. The number of alkyl halides is 1. The van der Waals surface area contributed by atoms with Gasteiger partial charge in [0.15, 0.2) is 0 Å². The van der Waals surface area contributed by atoms with Crippen molar-refractivity contribution in [2.45, 2.75) is 13.3 Å². The highest BCUT2D eigenvalue weighted by molar-refractivity contribution is 6.17. The standard InChI is InChI=1S/C13H15ClN4O/c1-10-3-4-12(9-17-10)18-8-11(7-15)13(19)16-6-2-5-14/h3-4,8-9,18H,2,5-6H2,1H3,(H,16,19)/b11-8-. The minimum Gasteiger partial charge on any atom is -0.359 e. The van der Waals surface area contributed by atoms with Crippen molar-refractivity contribution in [3.8, 4) is 6.07 Å². The van der Waals surface area contributed by atoms with Crippen molar-refractivity contribution in [1.82, 2.24) is 10.3 Å². The Bertz CT molecular complexity index is 490. The minimum absolute atomic E-state index is 0.00940. The second-order valence-corrected chi connectivity index (χ2v) is 4.18. The first-order chi connectivity index (χ1) is 9.17. The Morgan fingerprint density at radius 3 is 2.95 bits per heavy atom. The van der Waals surface area contributed by atoms with Crippen LogP contribution in [-0.4, -0.2) is 23.3 Å². The van der Waals surface area contributed by atoms with Crippen molar-refractivity contribution < 1.29 is 4.79 Å². The van der Waals surface area contributed by atoms with Crippen LogP contribution in [0, 0.1) is 18.3 Å². The molecule has 0 aliphatic rings. The Morgan fingerprint density at radius 1 is 1.58 bits per heavy atom. The summed E-state index contributed by atoms with van der Waals surface area (Å²) in [4.78, 5) is 15.7. The van der Waals surface area contributed by atoms with E-state index in [9.17, 15) is 4.79 Å². The average molecular weight is 279 g/mol. The number of halogens is 1. The number of amides is 1. The first kappa shape index (κ1) is 15.0. The highest BCUT2D eigenvalue weighted by atomic mass is 35.5. The van der Waals surface area contributed by atoms with Gasteiger partial charge in [-0.25, -0.2) is 0 Å². The van der Waals surface area contributed by atoms with Crippen LogP contribution in [0.25, 0.3) is 0 Å². The van der Waals surface area contributed by atoms with E-state index in [0.29, 0.717) is 24.5 Å². The van der Waals surface area contributed by atoms with Gasteiger partial charge in [0.25, 0.3) is 5.91 Å². The lowest BCUT2D eigenvalue weighted by atomic mass is 10.3. The number of nitrogens with zero attached hydrogens (tertiary/aromatic N) is 2. The zero-order valence-electron chi connectivity index (χ0n) is 10.6. The van der Waals surface area contributed by atoms with Crippen LogP contribution in [0.1, 0.15) is 12.1 Å². The van der Waals surface area contributed by atoms with E-state index in [0.717, 1.165) is 5.69 Å². The third-order valence-corrected chi connectivity index (χ3v) is 2.52. The molecule has 5 nitrogen and oxygen atoms in total. The molecule has 1 amide bonds. The van der Waals surface area contributed by atoms with Crippen molar-refractivity contribution in [3.05, 3.63) is 35.8 Å². The van der Waals surface area contributed by atoms with Gasteiger partial charge in [-0.2, -0.15) is 5.26 Å². The summed E-state index contributed by atoms with van der Waals surface area (Å²) in [6.45, 7) is 2.33. The minimum atomic E-state index is -0.416. The van der Waals surface area contributed by atoms with Crippen LogP contribution in [-0.2, 0) is 4.79 Å². The second kappa shape index (κ2) is 8.11. The van der Waals surface area contributed by atoms with E-state index in [2.05, 4.69) is 15.6 Å². The number of hydrogen-bond acceptors (Lipinski definition) is 4. The van der Waals surface area contributed by atoms with Crippen molar-refractivity contribution in [2.24, 2.45) is 0 Å². The van der Waals surface area contributed by atoms with E-state index >= 15 is 0 Å². The number of rotatable bonds is 6. The van der Waals surface area contributed by atoms with Gasteiger partial charge in [-0.15, -0.1) is 11.6 Å². The SMILES string of the molecule is Cc1ccc(N/C=C(/C#N)C(=O)NCCCCl)cn1. The predicted octanol–water partition coefficient (Wildman–Crippen LogP) is 1.95. The van der Waals surface area contributed by atoms with E-state index in [-0.39, 0.29) is 5.57 Å². The van der Waals surface area contributed by atoms with E-state index in [1.165, 1.54) is 6.20 Å². The first-order valence-electron chi connectivity index (χ1n) is 5.81. The zero-order valence-corrected chi connectivity index (χ0v) is 11.4. The summed E-state index contributed by atoms with van der Waals surface area (Å²) < 4.78 is 0. The van der Waals surface area contributed by atoms with Crippen molar-refractivity contribution >= 4 is 23.2 Å². The zero-order chi connectivity index (χ0) is 14.1. The molecule has 0 unspecified atom stereocenters. The molecule has 1 rings (SSSR count). The quantitative estimate of drug-likeness (QED) is 0.361. The Balaban J connectivity index is 2.59. The van der Waals surface area contributed by atoms with E-state index in [4.69, 9.17) is 16.9 Å². The summed E-state index contributed by atoms with van der Waals surface area (Å²) >= 11 is 5.50. The third kappa shape index (κ3) is 5.40. The first-order valence-corrected chi connectivity index (χ1v) is 6.34. The molecule has 1 heterocycles. The molecule has 0 fully saturated rings. The molecule has 0 aliphatic heterocycles. The van der Waals surface area contributed by atoms with Gasteiger partial charge in [-0.05, 0) is 25.5 Å². The molecular formula is C13H15ClN4O. The van der Waals surface area contributed by atoms with Gasteiger partial charge in [-0.1, -0.05) is 0 Å². The lowest BCUT2D eigenvalue weighted by Crippen LogP contribution is -2.26. The maximum atomic E-state index is 11.6. The number of hydrogen-bond donors (Lipinski definition) is 2. The molecule has 6 heteroatoms. The topological polar surface area (TPSA) is 77.8 Å². The fourth-order valence-electron chi connectivity index (χ4n) is 1.22. The lowest BCUT2D eigenvalue weighted by molar-refractivity contribution is -0.117. The monoisotopic (exact) mass is 278 g/mol. The van der Waals surface area contributed by atoms with E-state index in [1.807, 2.05) is 25.1 Å². The summed E-state index contributed by atoms with van der Waals surface area (Å²) in [5.74, 6) is 0.0549. The molecule has 0 aliphatic carbocycles. The number of aryl methyl sites for hydroxylation is 1. The van der Waals surface area contributed by atoms with Crippen LogP contribution in [0.4, 0.5) is 5.69 Å². The second-order valence-electron chi connectivity index (χ2n) is 3.80. The van der Waals surface area contributed by atoms with E-state index in [1.54, 1.807) is 6.20 Å². The highest BCUT2D eigenvalue weighted by Crippen LogP contribution is 2.06. The number of carbonyl (C=O) groups is 1. The summed E-state index contributed by atoms with van der Waals surface area (Å²) in [7, 11) is 0. The molecular weight excluding hydrogens is 264 g/mol. The lowest BCUT2D eigenvalue weighted by Gasteiger charge is -2.04. The van der Waals surface area contributed by atoms with Gasteiger partial charge in [0.05, 0.1) is 11.9 Å². The largest absolute Gasteiger partial charge is 0.359 e. The smallest absolute Gasteiger partial charge is 0.263 e. The summed E-state index contributed by atoms with van der Waals surface area (Å²) in [6.07, 6.45) is 3.66. The number of aromatic nitrogens is 1. The molecule has 1 aromatic rings. The predicted molar refractivity (Wildman–Crippen MR) is 74.6 cm³/mol. The third-order valence-electron chi connectivity index (χ3n) is 2.26. The maximum Gasteiger partial charge on any atom is 0.263 e. The molecule has 0 atom stereocenters. The Labute approximate surface area is 117 Å². The fourth-order valence-corrected chi connectivity index (χ4v) is 1.35. The normalized spacial score (nSPS) is 10.7. The number of carbonyl (C=O) groups excluding carboxylic acids is 1. The van der Waals surface area contributed by atoms with Gasteiger partial charge in [0.1, 0.15) is 11.6 Å². The van der Waals surface area contributed by atoms with Gasteiger partial charge in [0, 0.05) is 24.3 Å². The van der Waals surface area contributed by atoms with Crippen LogP contribution in [0.5, 0.6) is 0 Å². The van der Waals surface area contributed by atoms with Gasteiger partial charge >= 0.3 is 0 Å². The average Bonchev–Trinajstić information content (AvgIpc) is 2.42. The van der Waals surface area contributed by atoms with Gasteiger partial charge in [0.2, 0.25) is 0 Å². The summed E-state index contributed by atoms with van der Waals surface area (Å²) in [5, 5.41) is 14.4. The number of nitrogens with one attached hydrogen (secondary N) is 2. The molecule has 2 N–H and O–H groups in total. The number of anilines is 1. The van der Waals surface area contributed by atoms with Crippen molar-refractivity contribution in [3.63, 3.8) is 0 Å². The number of pyridine rings is 1. The molecule has 0 radical (unpaired) electrons. The van der Waals surface area contributed by atoms with Crippen molar-refractivity contribution in [2.75, 3.05) is 17.7 Å². The number of nitriles is 1. The fraction of sp³-hybridized carbons (Fsp3) is 0.308. The van der Waals surface area contributed by atoms with Crippen LogP contribution in [0.15, 0.2) is 30.1 Å². The maximum absolute atomic E-state index is 11.6. The molecule has 19 heavy (non-hydrogen) atoms. The van der Waals surface area contributed by atoms with Gasteiger partial charge in [-0.3, -0.25) is 9.78 Å². The van der Waals surface area contributed by atoms with Crippen LogP contribution < -0.4 is 10.6 Å². The summed E-state index contributed by atoms with van der Waals surface area (Å²) in [5.41, 5.74) is 1.62. The molecule has 0 bridgehead atoms. The molecule has 100 valence electrons. The molecule has 0 saturated carbocycles.